The number of hydrogen-bond donors (Lipinski definition) is 2. The monoisotopic (exact) mass is 279 g/mol. The molecular weight excluding hydrogens is 254 g/mol. The maximum absolute atomic E-state index is 9.98. The first-order chi connectivity index (χ1) is 9.61. The summed E-state index contributed by atoms with van der Waals surface area (Å²) in [7, 11) is 0. The van der Waals surface area contributed by atoms with Gasteiger partial charge in [-0.2, -0.15) is 0 Å². The Balaban J connectivity index is 1.72. The van der Waals surface area contributed by atoms with Crippen LogP contribution in [-0.2, 0) is 11.2 Å². The van der Waals surface area contributed by atoms with Gasteiger partial charge >= 0.3 is 0 Å². The Morgan fingerprint density at radius 3 is 3.05 bits per heavy atom. The Bertz CT molecular complexity index is 416. The van der Waals surface area contributed by atoms with E-state index in [4.69, 9.17) is 9.47 Å². The van der Waals surface area contributed by atoms with Crippen molar-refractivity contribution in [2.24, 2.45) is 0 Å². The third kappa shape index (κ3) is 4.47. The van der Waals surface area contributed by atoms with Gasteiger partial charge in [-0.25, -0.2) is 0 Å². The molecule has 0 saturated carbocycles. The molecule has 0 spiro atoms. The molecule has 1 aromatic rings. The van der Waals surface area contributed by atoms with Crippen molar-refractivity contribution in [3.8, 4) is 5.75 Å². The molecule has 1 heterocycles. The Kier molecular flexibility index (Phi) is 5.40. The molecule has 2 atom stereocenters. The maximum Gasteiger partial charge on any atom is 0.119 e. The normalized spacial score (nSPS) is 23.8. The fraction of sp³-hybridized carbons (Fsp3) is 0.625. The lowest BCUT2D eigenvalue weighted by atomic mass is 10.0. The predicted molar refractivity (Wildman–Crippen MR) is 79.2 cm³/mol. The summed E-state index contributed by atoms with van der Waals surface area (Å²) in [6.07, 6.45) is 1.46. The van der Waals surface area contributed by atoms with Crippen LogP contribution in [0.3, 0.4) is 0 Å². The first-order valence-corrected chi connectivity index (χ1v) is 7.34. The molecule has 2 rings (SSSR count). The maximum atomic E-state index is 9.98. The molecule has 0 aliphatic carbocycles. The van der Waals surface area contributed by atoms with Crippen LogP contribution in [0.25, 0.3) is 0 Å². The van der Waals surface area contributed by atoms with E-state index in [1.165, 1.54) is 5.56 Å². The van der Waals surface area contributed by atoms with E-state index in [2.05, 4.69) is 25.2 Å². The molecule has 0 amide bonds. The Morgan fingerprint density at radius 1 is 1.50 bits per heavy atom. The van der Waals surface area contributed by atoms with E-state index < -0.39 is 6.10 Å². The second-order valence-corrected chi connectivity index (χ2v) is 5.71. The topological polar surface area (TPSA) is 50.7 Å². The van der Waals surface area contributed by atoms with Crippen LogP contribution in [0.2, 0.25) is 0 Å². The van der Waals surface area contributed by atoms with Gasteiger partial charge in [0, 0.05) is 18.7 Å². The van der Waals surface area contributed by atoms with E-state index >= 15 is 0 Å². The lowest BCUT2D eigenvalue weighted by molar-refractivity contribution is 0.0944. The van der Waals surface area contributed by atoms with E-state index in [0.29, 0.717) is 19.8 Å². The van der Waals surface area contributed by atoms with Crippen molar-refractivity contribution < 1.29 is 14.6 Å². The average Bonchev–Trinajstić information content (AvgIpc) is 2.90. The van der Waals surface area contributed by atoms with Gasteiger partial charge in [0.15, 0.2) is 0 Å². The largest absolute Gasteiger partial charge is 0.491 e. The number of hydrogen-bond acceptors (Lipinski definition) is 4. The summed E-state index contributed by atoms with van der Waals surface area (Å²) < 4.78 is 11.0. The van der Waals surface area contributed by atoms with Gasteiger partial charge in [-0.1, -0.05) is 19.1 Å². The zero-order valence-electron chi connectivity index (χ0n) is 12.4. The number of benzene rings is 1. The number of rotatable bonds is 7. The van der Waals surface area contributed by atoms with Crippen LogP contribution in [0.1, 0.15) is 25.8 Å². The molecule has 0 bridgehead atoms. The molecule has 4 nitrogen and oxygen atoms in total. The van der Waals surface area contributed by atoms with Crippen molar-refractivity contribution in [2.45, 2.75) is 38.3 Å². The highest BCUT2D eigenvalue weighted by molar-refractivity contribution is 5.28. The number of ether oxygens (including phenoxy) is 2. The van der Waals surface area contributed by atoms with E-state index in [1.54, 1.807) is 0 Å². The lowest BCUT2D eigenvalue weighted by Gasteiger charge is -2.25. The van der Waals surface area contributed by atoms with Gasteiger partial charge in [0.25, 0.3) is 0 Å². The lowest BCUT2D eigenvalue weighted by Crippen LogP contribution is -2.47. The van der Waals surface area contributed by atoms with Crippen LogP contribution in [-0.4, -0.2) is 43.1 Å². The molecule has 1 saturated heterocycles. The summed E-state index contributed by atoms with van der Waals surface area (Å²) in [6, 6.07) is 8.00. The molecule has 2 N–H and O–H groups in total. The number of aliphatic hydroxyl groups excluding tert-OH is 1. The Labute approximate surface area is 121 Å². The van der Waals surface area contributed by atoms with Gasteiger partial charge in [0.2, 0.25) is 0 Å². The third-order valence-electron chi connectivity index (χ3n) is 3.73. The smallest absolute Gasteiger partial charge is 0.119 e. The summed E-state index contributed by atoms with van der Waals surface area (Å²) in [6.45, 7) is 6.56. The molecule has 20 heavy (non-hydrogen) atoms. The van der Waals surface area contributed by atoms with Crippen molar-refractivity contribution in [3.63, 3.8) is 0 Å². The molecule has 112 valence electrons. The molecule has 1 aliphatic rings. The van der Waals surface area contributed by atoms with Crippen LogP contribution in [0.5, 0.6) is 5.75 Å². The van der Waals surface area contributed by atoms with Crippen LogP contribution in [0.4, 0.5) is 0 Å². The van der Waals surface area contributed by atoms with Gasteiger partial charge in [-0.15, -0.1) is 0 Å². The predicted octanol–water partition coefficient (Wildman–Crippen LogP) is 1.76. The van der Waals surface area contributed by atoms with Crippen molar-refractivity contribution in [2.75, 3.05) is 26.4 Å². The summed E-state index contributed by atoms with van der Waals surface area (Å²) >= 11 is 0. The average molecular weight is 279 g/mol. The highest BCUT2D eigenvalue weighted by Gasteiger charge is 2.29. The van der Waals surface area contributed by atoms with Gasteiger partial charge in [0.1, 0.15) is 18.5 Å². The summed E-state index contributed by atoms with van der Waals surface area (Å²) in [5.41, 5.74) is 1.23. The number of β-amino-alcohol motifs (C(OH)–C–C–N with tert-alkyl or cyclic N) is 1. The second kappa shape index (κ2) is 7.07. The molecule has 1 aromatic carbocycles. The van der Waals surface area contributed by atoms with E-state index in [9.17, 15) is 5.11 Å². The van der Waals surface area contributed by atoms with Gasteiger partial charge < -0.3 is 19.9 Å². The molecule has 1 aliphatic heterocycles. The SMILES string of the molecule is CCc1cccc(OCC(O)CNC2(C)CCOC2)c1. The van der Waals surface area contributed by atoms with Crippen molar-refractivity contribution in [1.82, 2.24) is 5.32 Å². The summed E-state index contributed by atoms with van der Waals surface area (Å²) in [5.74, 6) is 0.818. The fourth-order valence-corrected chi connectivity index (χ4v) is 2.28. The van der Waals surface area contributed by atoms with Crippen molar-refractivity contribution in [3.05, 3.63) is 29.8 Å². The standard InChI is InChI=1S/C16H25NO3/c1-3-13-5-4-6-15(9-13)20-11-14(18)10-17-16(2)7-8-19-12-16/h4-6,9,14,17-18H,3,7-8,10-12H2,1-2H3. The molecular formula is C16H25NO3. The summed E-state index contributed by atoms with van der Waals surface area (Å²) in [5, 5.41) is 13.3. The Hall–Kier alpha value is -1.10. The van der Waals surface area contributed by atoms with Crippen molar-refractivity contribution in [1.29, 1.82) is 0 Å². The molecule has 0 aromatic heterocycles. The quantitative estimate of drug-likeness (QED) is 0.798. The zero-order valence-corrected chi connectivity index (χ0v) is 12.4. The number of aryl methyl sites for hydroxylation is 1. The van der Waals surface area contributed by atoms with E-state index in [1.807, 2.05) is 18.2 Å². The minimum atomic E-state index is -0.516. The minimum absolute atomic E-state index is 0.0108. The first kappa shape index (κ1) is 15.3. The van der Waals surface area contributed by atoms with E-state index in [0.717, 1.165) is 25.2 Å². The molecule has 1 fully saturated rings. The van der Waals surface area contributed by atoms with Gasteiger partial charge in [0.05, 0.1) is 6.61 Å². The number of nitrogens with one attached hydrogen (secondary N) is 1. The van der Waals surface area contributed by atoms with E-state index in [-0.39, 0.29) is 5.54 Å². The highest BCUT2D eigenvalue weighted by Crippen LogP contribution is 2.17. The van der Waals surface area contributed by atoms with Gasteiger partial charge in [-0.3, -0.25) is 0 Å². The van der Waals surface area contributed by atoms with Crippen LogP contribution < -0.4 is 10.1 Å². The van der Waals surface area contributed by atoms with Gasteiger partial charge in [-0.05, 0) is 37.5 Å². The molecule has 4 heteroatoms. The Morgan fingerprint density at radius 2 is 2.35 bits per heavy atom. The van der Waals surface area contributed by atoms with Crippen LogP contribution in [0.15, 0.2) is 24.3 Å². The van der Waals surface area contributed by atoms with Crippen LogP contribution >= 0.6 is 0 Å². The first-order valence-electron chi connectivity index (χ1n) is 7.34. The summed E-state index contributed by atoms with van der Waals surface area (Å²) in [4.78, 5) is 0. The van der Waals surface area contributed by atoms with Crippen LogP contribution in [0, 0.1) is 0 Å². The molecule has 2 unspecified atom stereocenters. The molecule has 0 radical (unpaired) electrons. The second-order valence-electron chi connectivity index (χ2n) is 5.71. The minimum Gasteiger partial charge on any atom is -0.491 e. The van der Waals surface area contributed by atoms with Crippen molar-refractivity contribution >= 4 is 0 Å². The number of aliphatic hydroxyl groups is 1. The zero-order chi connectivity index (χ0) is 14.4. The fourth-order valence-electron chi connectivity index (χ4n) is 2.28. The third-order valence-corrected chi connectivity index (χ3v) is 3.73. The highest BCUT2D eigenvalue weighted by atomic mass is 16.5.